The normalized spacial score (nSPS) is 10.7. The Morgan fingerprint density at radius 1 is 1.23 bits per heavy atom. The molecule has 0 fully saturated rings. The first-order chi connectivity index (χ1) is 14.5. The molecule has 0 spiro atoms. The number of carbonyl (C=O) groups excluding carboxylic acids is 1. The number of nitrogens with zero attached hydrogens (tertiary/aromatic N) is 3. The smallest absolute Gasteiger partial charge is 0.234 e. The fourth-order valence-corrected chi connectivity index (χ4v) is 3.84. The number of halogens is 1. The number of rotatable bonds is 9. The van der Waals surface area contributed by atoms with Crippen molar-refractivity contribution >= 4 is 35.0 Å². The van der Waals surface area contributed by atoms with Gasteiger partial charge < -0.3 is 19.4 Å². The molecule has 0 atom stereocenters. The van der Waals surface area contributed by atoms with Crippen molar-refractivity contribution in [1.82, 2.24) is 14.8 Å². The first kappa shape index (κ1) is 22.0. The maximum absolute atomic E-state index is 12.3. The number of methoxy groups -OCH3 is 1. The van der Waals surface area contributed by atoms with E-state index in [2.05, 4.69) is 15.5 Å². The largest absolute Gasteiger partial charge is 0.497 e. The van der Waals surface area contributed by atoms with Gasteiger partial charge in [0.25, 0.3) is 0 Å². The standard InChI is InChI=1S/C21H23ClN4O3S/c1-4-26-19(12-29-18-9-8-15(22)10-14(18)2)24-25-21(26)30-13-20(27)23-16-6-5-7-17(11-16)28-3/h5-11H,4,12-13H2,1-3H3,(H,23,27). The summed E-state index contributed by atoms with van der Waals surface area (Å²) in [6, 6.07) is 12.7. The Balaban J connectivity index is 1.58. The number of aromatic nitrogens is 3. The molecule has 0 radical (unpaired) electrons. The van der Waals surface area contributed by atoms with E-state index in [1.165, 1.54) is 11.8 Å². The summed E-state index contributed by atoms with van der Waals surface area (Å²) in [5, 5.41) is 12.6. The number of hydrogen-bond acceptors (Lipinski definition) is 6. The fraction of sp³-hybridized carbons (Fsp3) is 0.286. The molecule has 1 amide bonds. The number of amides is 1. The summed E-state index contributed by atoms with van der Waals surface area (Å²) in [5.41, 5.74) is 1.64. The van der Waals surface area contributed by atoms with Crippen molar-refractivity contribution < 1.29 is 14.3 Å². The van der Waals surface area contributed by atoms with Gasteiger partial charge in [-0.15, -0.1) is 10.2 Å². The number of benzene rings is 2. The molecule has 9 heteroatoms. The minimum atomic E-state index is -0.131. The van der Waals surface area contributed by atoms with Crippen molar-refractivity contribution in [3.8, 4) is 11.5 Å². The maximum atomic E-state index is 12.3. The van der Waals surface area contributed by atoms with Crippen molar-refractivity contribution in [2.45, 2.75) is 32.2 Å². The molecule has 0 unspecified atom stereocenters. The molecule has 3 rings (SSSR count). The summed E-state index contributed by atoms with van der Waals surface area (Å²) in [5.74, 6) is 2.21. The van der Waals surface area contributed by atoms with E-state index in [9.17, 15) is 4.79 Å². The van der Waals surface area contributed by atoms with Crippen LogP contribution in [0.1, 0.15) is 18.3 Å². The fourth-order valence-electron chi connectivity index (χ4n) is 2.80. The number of hydrogen-bond donors (Lipinski definition) is 1. The maximum Gasteiger partial charge on any atom is 0.234 e. The number of nitrogens with one attached hydrogen (secondary N) is 1. The Morgan fingerprint density at radius 3 is 2.80 bits per heavy atom. The zero-order valence-electron chi connectivity index (χ0n) is 17.0. The second kappa shape index (κ2) is 10.4. The van der Waals surface area contributed by atoms with Crippen molar-refractivity contribution in [2.24, 2.45) is 0 Å². The molecule has 7 nitrogen and oxygen atoms in total. The Hall–Kier alpha value is -2.71. The van der Waals surface area contributed by atoms with Gasteiger partial charge in [-0.25, -0.2) is 0 Å². The van der Waals surface area contributed by atoms with Crippen LogP contribution in [0.4, 0.5) is 5.69 Å². The van der Waals surface area contributed by atoms with Crippen LogP contribution in [0.2, 0.25) is 5.02 Å². The molecule has 0 aliphatic carbocycles. The highest BCUT2D eigenvalue weighted by Gasteiger charge is 2.14. The lowest BCUT2D eigenvalue weighted by Crippen LogP contribution is -2.15. The second-order valence-electron chi connectivity index (χ2n) is 6.41. The van der Waals surface area contributed by atoms with Crippen LogP contribution >= 0.6 is 23.4 Å². The molecule has 0 aliphatic rings. The molecule has 1 heterocycles. The van der Waals surface area contributed by atoms with Gasteiger partial charge >= 0.3 is 0 Å². The van der Waals surface area contributed by atoms with Gasteiger partial charge in [-0.3, -0.25) is 4.79 Å². The Labute approximate surface area is 184 Å². The summed E-state index contributed by atoms with van der Waals surface area (Å²) < 4.78 is 13.0. The summed E-state index contributed by atoms with van der Waals surface area (Å²) in [4.78, 5) is 12.3. The lowest BCUT2D eigenvalue weighted by atomic mass is 10.2. The minimum absolute atomic E-state index is 0.131. The first-order valence-corrected chi connectivity index (χ1v) is 10.7. The van der Waals surface area contributed by atoms with Crippen LogP contribution < -0.4 is 14.8 Å². The van der Waals surface area contributed by atoms with Crippen LogP contribution in [0.5, 0.6) is 11.5 Å². The SMILES string of the molecule is CCn1c(COc2ccc(Cl)cc2C)nnc1SCC(=O)Nc1cccc(OC)c1. The summed E-state index contributed by atoms with van der Waals surface area (Å²) >= 11 is 7.32. The predicted molar refractivity (Wildman–Crippen MR) is 119 cm³/mol. The zero-order valence-corrected chi connectivity index (χ0v) is 18.6. The molecule has 1 aromatic heterocycles. The highest BCUT2D eigenvalue weighted by atomic mass is 35.5. The molecule has 3 aromatic rings. The molecule has 30 heavy (non-hydrogen) atoms. The van der Waals surface area contributed by atoms with Crippen LogP contribution in [-0.2, 0) is 17.9 Å². The van der Waals surface area contributed by atoms with Crippen LogP contribution in [0.25, 0.3) is 0 Å². The molecule has 2 aromatic carbocycles. The summed E-state index contributed by atoms with van der Waals surface area (Å²) in [6.45, 7) is 4.89. The van der Waals surface area contributed by atoms with Gasteiger partial charge in [0.2, 0.25) is 5.91 Å². The van der Waals surface area contributed by atoms with Gasteiger partial charge in [-0.2, -0.15) is 0 Å². The van der Waals surface area contributed by atoms with Crippen LogP contribution in [0.3, 0.4) is 0 Å². The second-order valence-corrected chi connectivity index (χ2v) is 7.79. The molecule has 1 N–H and O–H groups in total. The number of aryl methyl sites for hydroxylation is 1. The highest BCUT2D eigenvalue weighted by molar-refractivity contribution is 7.99. The molecule has 0 saturated carbocycles. The van der Waals surface area contributed by atoms with Crippen molar-refractivity contribution in [2.75, 3.05) is 18.2 Å². The molecule has 0 aliphatic heterocycles. The zero-order chi connectivity index (χ0) is 21.5. The van der Waals surface area contributed by atoms with E-state index in [1.807, 2.05) is 48.7 Å². The van der Waals surface area contributed by atoms with Crippen molar-refractivity contribution in [3.63, 3.8) is 0 Å². The average molecular weight is 447 g/mol. The quantitative estimate of drug-likeness (QED) is 0.485. The molecule has 0 saturated heterocycles. The topological polar surface area (TPSA) is 78.3 Å². The van der Waals surface area contributed by atoms with E-state index in [0.717, 1.165) is 11.3 Å². The van der Waals surface area contributed by atoms with Crippen LogP contribution in [-0.4, -0.2) is 33.5 Å². The third-order valence-electron chi connectivity index (χ3n) is 4.29. The van der Waals surface area contributed by atoms with Gasteiger partial charge in [-0.1, -0.05) is 29.4 Å². The third-order valence-corrected chi connectivity index (χ3v) is 5.49. The number of thioether (sulfide) groups is 1. The lowest BCUT2D eigenvalue weighted by molar-refractivity contribution is -0.113. The first-order valence-electron chi connectivity index (χ1n) is 9.38. The van der Waals surface area contributed by atoms with Gasteiger partial charge in [0.15, 0.2) is 11.0 Å². The van der Waals surface area contributed by atoms with Crippen molar-refractivity contribution in [3.05, 3.63) is 58.9 Å². The summed E-state index contributed by atoms with van der Waals surface area (Å²) in [7, 11) is 1.59. The molecule has 158 valence electrons. The summed E-state index contributed by atoms with van der Waals surface area (Å²) in [6.07, 6.45) is 0. The molecular weight excluding hydrogens is 424 g/mol. The highest BCUT2D eigenvalue weighted by Crippen LogP contribution is 2.24. The van der Waals surface area contributed by atoms with E-state index in [1.54, 1.807) is 19.2 Å². The minimum Gasteiger partial charge on any atom is -0.497 e. The number of ether oxygens (including phenoxy) is 2. The molecular formula is C21H23ClN4O3S. The van der Waals surface area contributed by atoms with Gasteiger partial charge in [0.1, 0.15) is 18.1 Å². The lowest BCUT2D eigenvalue weighted by Gasteiger charge is -2.11. The Morgan fingerprint density at radius 2 is 2.07 bits per heavy atom. The van der Waals surface area contributed by atoms with E-state index in [0.29, 0.717) is 34.0 Å². The van der Waals surface area contributed by atoms with E-state index >= 15 is 0 Å². The van der Waals surface area contributed by atoms with Gasteiger partial charge in [0.05, 0.1) is 12.9 Å². The Kier molecular flexibility index (Phi) is 7.59. The van der Waals surface area contributed by atoms with E-state index in [4.69, 9.17) is 21.1 Å². The number of anilines is 1. The van der Waals surface area contributed by atoms with Gasteiger partial charge in [0, 0.05) is 23.3 Å². The average Bonchev–Trinajstić information content (AvgIpc) is 3.13. The monoisotopic (exact) mass is 446 g/mol. The molecule has 0 bridgehead atoms. The third kappa shape index (κ3) is 5.67. The van der Waals surface area contributed by atoms with Crippen LogP contribution in [0.15, 0.2) is 47.6 Å². The van der Waals surface area contributed by atoms with Crippen molar-refractivity contribution in [1.29, 1.82) is 0 Å². The number of carbonyl (C=O) groups is 1. The van der Waals surface area contributed by atoms with E-state index < -0.39 is 0 Å². The van der Waals surface area contributed by atoms with E-state index in [-0.39, 0.29) is 18.3 Å². The predicted octanol–water partition coefficient (Wildman–Crippen LogP) is 4.58. The van der Waals surface area contributed by atoms with Crippen LogP contribution in [0, 0.1) is 6.92 Å². The Bertz CT molecular complexity index is 1030. The van der Waals surface area contributed by atoms with Gasteiger partial charge in [-0.05, 0) is 49.7 Å².